The molecule has 6 N–H and O–H groups in total. The van der Waals surface area contributed by atoms with Crippen LogP contribution in [0.4, 0.5) is 0 Å². The van der Waals surface area contributed by atoms with Gasteiger partial charge in [-0.2, -0.15) is 0 Å². The Morgan fingerprint density at radius 2 is 1.82 bits per heavy atom. The van der Waals surface area contributed by atoms with Gasteiger partial charge < -0.3 is 35.6 Å². The summed E-state index contributed by atoms with van der Waals surface area (Å²) in [6.45, 7) is 0.352. The summed E-state index contributed by atoms with van der Waals surface area (Å²) >= 11 is 0. The topological polar surface area (TPSA) is 147 Å². The van der Waals surface area contributed by atoms with Crippen molar-refractivity contribution in [3.8, 4) is 0 Å². The monoisotopic (exact) mass is 251 g/mol. The fourth-order valence-corrected chi connectivity index (χ4v) is 1.10. The van der Waals surface area contributed by atoms with Crippen molar-refractivity contribution in [1.82, 2.24) is 5.32 Å². The van der Waals surface area contributed by atoms with Crippen LogP contribution in [0.15, 0.2) is 0 Å². The number of rotatable bonds is 7. The van der Waals surface area contributed by atoms with E-state index >= 15 is 0 Å². The largest absolute Gasteiger partial charge is 0.393 e. The summed E-state index contributed by atoms with van der Waals surface area (Å²) in [5, 5.41) is 47.3. The van der Waals surface area contributed by atoms with Gasteiger partial charge in [-0.05, 0) is 6.92 Å². The number of hydrogen-bond donors (Lipinski definition) is 6. The van der Waals surface area contributed by atoms with Crippen LogP contribution in [0.1, 0.15) is 6.92 Å². The molecule has 0 heterocycles. The molecule has 0 spiro atoms. The smallest absolute Gasteiger partial charge is 0.251 e. The van der Waals surface area contributed by atoms with Crippen molar-refractivity contribution in [1.29, 1.82) is 0 Å². The van der Waals surface area contributed by atoms with E-state index in [2.05, 4.69) is 0 Å². The molecule has 8 heteroatoms. The number of amides is 1. The Balaban J connectivity index is 4.71. The van der Waals surface area contributed by atoms with Gasteiger partial charge >= 0.3 is 0 Å². The molecule has 0 aliphatic carbocycles. The summed E-state index contributed by atoms with van der Waals surface area (Å²) in [7, 11) is 0. The van der Waals surface area contributed by atoms with Crippen molar-refractivity contribution >= 4 is 12.2 Å². The van der Waals surface area contributed by atoms with Crippen LogP contribution in [0, 0.1) is 0 Å². The second-order valence-corrected chi connectivity index (χ2v) is 3.59. The average Bonchev–Trinajstić information content (AvgIpc) is 2.32. The summed E-state index contributed by atoms with van der Waals surface area (Å²) in [5.74, 6) is -1.07. The lowest BCUT2D eigenvalue weighted by Gasteiger charge is -2.28. The molecule has 0 fully saturated rings. The second kappa shape index (κ2) is 7.30. The van der Waals surface area contributed by atoms with Gasteiger partial charge in [-0.15, -0.1) is 0 Å². The zero-order chi connectivity index (χ0) is 13.6. The lowest BCUT2D eigenvalue weighted by Crippen LogP contribution is -2.57. The van der Waals surface area contributed by atoms with Crippen LogP contribution in [-0.2, 0) is 9.59 Å². The summed E-state index contributed by atoms with van der Waals surface area (Å²) in [5.41, 5.74) is 0. The van der Waals surface area contributed by atoms with Gasteiger partial charge in [-0.3, -0.25) is 4.79 Å². The number of aliphatic hydroxyl groups is 5. The van der Waals surface area contributed by atoms with E-state index in [1.807, 2.05) is 5.32 Å². The van der Waals surface area contributed by atoms with Crippen molar-refractivity contribution in [3.05, 3.63) is 0 Å². The molecule has 0 aromatic heterocycles. The van der Waals surface area contributed by atoms with E-state index in [0.29, 0.717) is 0 Å². The zero-order valence-corrected chi connectivity index (χ0v) is 9.22. The molecular formula is C9H17NO7. The van der Waals surface area contributed by atoms with E-state index in [0.717, 1.165) is 0 Å². The number of nitrogens with one attached hydrogen (secondary N) is 1. The third-order valence-electron chi connectivity index (χ3n) is 2.15. The van der Waals surface area contributed by atoms with E-state index in [-0.39, 0.29) is 6.29 Å². The Morgan fingerprint density at radius 1 is 1.29 bits per heavy atom. The van der Waals surface area contributed by atoms with Crippen molar-refractivity contribution in [2.24, 2.45) is 0 Å². The van der Waals surface area contributed by atoms with Gasteiger partial charge in [0, 0.05) is 0 Å². The van der Waals surface area contributed by atoms with Gasteiger partial charge in [0.2, 0.25) is 0 Å². The highest BCUT2D eigenvalue weighted by Crippen LogP contribution is 2.04. The van der Waals surface area contributed by atoms with Crippen molar-refractivity contribution in [3.63, 3.8) is 0 Å². The molecule has 100 valence electrons. The molecule has 0 aliphatic heterocycles. The molecule has 0 rings (SSSR count). The normalized spacial score (nSPS) is 19.9. The zero-order valence-electron chi connectivity index (χ0n) is 9.22. The molecule has 0 radical (unpaired) electrons. The predicted octanol–water partition coefficient (Wildman–Crippen LogP) is -3.87. The summed E-state index contributed by atoms with van der Waals surface area (Å²) in [4.78, 5) is 21.6. The van der Waals surface area contributed by atoms with E-state index in [4.69, 9.17) is 15.3 Å². The van der Waals surface area contributed by atoms with Gasteiger partial charge in [-0.1, -0.05) is 0 Å². The van der Waals surface area contributed by atoms with Crippen molar-refractivity contribution < 1.29 is 35.1 Å². The van der Waals surface area contributed by atoms with Crippen LogP contribution >= 0.6 is 0 Å². The number of hydrogen-bond acceptors (Lipinski definition) is 7. The van der Waals surface area contributed by atoms with Gasteiger partial charge in [-0.25, -0.2) is 0 Å². The molecule has 1 amide bonds. The van der Waals surface area contributed by atoms with Crippen molar-refractivity contribution in [2.45, 2.75) is 37.4 Å². The van der Waals surface area contributed by atoms with Crippen LogP contribution in [0.2, 0.25) is 0 Å². The molecule has 0 aromatic carbocycles. The summed E-state index contributed by atoms with van der Waals surface area (Å²) in [6, 6.07) is -1.47. The number of carbonyl (C=O) groups excluding carboxylic acids is 2. The average molecular weight is 251 g/mol. The van der Waals surface area contributed by atoms with E-state index in [1.54, 1.807) is 0 Å². The maximum Gasteiger partial charge on any atom is 0.251 e. The maximum atomic E-state index is 11.2. The summed E-state index contributed by atoms with van der Waals surface area (Å²) < 4.78 is 0. The highest BCUT2D eigenvalue weighted by molar-refractivity contribution is 5.81. The number of aliphatic hydroxyl groups excluding tert-OH is 5. The Hall–Kier alpha value is -1.06. The molecule has 0 bridgehead atoms. The van der Waals surface area contributed by atoms with Crippen LogP contribution in [-0.4, -0.2) is 74.8 Å². The Labute approximate surface area is 97.5 Å². The van der Waals surface area contributed by atoms with Crippen LogP contribution in [0.25, 0.3) is 0 Å². The van der Waals surface area contributed by atoms with E-state index in [9.17, 15) is 19.8 Å². The lowest BCUT2D eigenvalue weighted by atomic mass is 10.0. The van der Waals surface area contributed by atoms with Gasteiger partial charge in [0.25, 0.3) is 5.91 Å². The highest BCUT2D eigenvalue weighted by Gasteiger charge is 2.32. The van der Waals surface area contributed by atoms with Crippen LogP contribution in [0.3, 0.4) is 0 Å². The van der Waals surface area contributed by atoms with Crippen molar-refractivity contribution in [2.75, 3.05) is 6.61 Å². The van der Waals surface area contributed by atoms with E-state index < -0.39 is 43.0 Å². The highest BCUT2D eigenvalue weighted by atomic mass is 16.3. The Bertz CT molecular complexity index is 258. The first-order chi connectivity index (χ1) is 7.84. The third kappa shape index (κ3) is 4.75. The van der Waals surface area contributed by atoms with Gasteiger partial charge in [0.15, 0.2) is 12.4 Å². The molecule has 17 heavy (non-hydrogen) atoms. The first-order valence-electron chi connectivity index (χ1n) is 4.94. The lowest BCUT2D eigenvalue weighted by molar-refractivity contribution is -0.136. The number of aldehydes is 1. The minimum absolute atomic E-state index is 0.0713. The Morgan fingerprint density at radius 3 is 2.18 bits per heavy atom. The molecule has 8 nitrogen and oxygen atoms in total. The minimum Gasteiger partial charge on any atom is -0.393 e. The fourth-order valence-electron chi connectivity index (χ4n) is 1.10. The molecule has 5 atom stereocenters. The molecule has 0 saturated carbocycles. The van der Waals surface area contributed by atoms with Gasteiger partial charge in [0.05, 0.1) is 18.8 Å². The molecule has 0 aliphatic rings. The maximum absolute atomic E-state index is 11.2. The fraction of sp³-hybridized carbons (Fsp3) is 0.778. The first kappa shape index (κ1) is 15.9. The van der Waals surface area contributed by atoms with Crippen LogP contribution < -0.4 is 5.32 Å². The molecular weight excluding hydrogens is 234 g/mol. The summed E-state index contributed by atoms with van der Waals surface area (Å²) in [6.07, 6.45) is -6.31. The quantitative estimate of drug-likeness (QED) is 0.254. The SMILES string of the molecule is CC(O)C(O)C(NC(=O)C(O)CO)C(O)C=O. The van der Waals surface area contributed by atoms with Gasteiger partial charge in [0.1, 0.15) is 12.2 Å². The third-order valence-corrected chi connectivity index (χ3v) is 2.15. The second-order valence-electron chi connectivity index (χ2n) is 3.59. The van der Waals surface area contributed by atoms with E-state index in [1.165, 1.54) is 6.92 Å². The number of carbonyl (C=O) groups is 2. The Kier molecular flexibility index (Phi) is 6.85. The molecule has 5 unspecified atom stereocenters. The molecule has 0 aromatic rings. The minimum atomic E-state index is -1.74. The molecule has 0 saturated heterocycles. The van der Waals surface area contributed by atoms with Crippen LogP contribution in [0.5, 0.6) is 0 Å². The first-order valence-corrected chi connectivity index (χ1v) is 4.94. The predicted molar refractivity (Wildman–Crippen MR) is 54.8 cm³/mol. The standard InChI is InChI=1S/C9H17NO7/c1-4(13)8(16)7(5(14)2-11)10-9(17)6(15)3-12/h2,4-8,12-16H,3H2,1H3,(H,10,17).